The van der Waals surface area contributed by atoms with Crippen LogP contribution in [0.3, 0.4) is 0 Å². The van der Waals surface area contributed by atoms with Crippen molar-refractivity contribution in [3.8, 4) is 11.4 Å². The van der Waals surface area contributed by atoms with Crippen LogP contribution in [0, 0.1) is 6.92 Å². The Labute approximate surface area is 134 Å². The number of aromatic nitrogens is 3. The van der Waals surface area contributed by atoms with Crippen molar-refractivity contribution in [2.45, 2.75) is 39.8 Å². The summed E-state index contributed by atoms with van der Waals surface area (Å²) in [7, 11) is 0. The third kappa shape index (κ3) is 4.38. The number of hydrogen-bond donors (Lipinski definition) is 2. The Morgan fingerprint density at radius 2 is 2.00 bits per heavy atom. The SMILES string of the molecule is Cc1nc(-c2cccc(C(=O)O[C@@H](C)C(=O)NC(C)C)c2)n[nH]1. The second kappa shape index (κ2) is 7.04. The Kier molecular flexibility index (Phi) is 5.10. The molecule has 0 aliphatic heterocycles. The lowest BCUT2D eigenvalue weighted by atomic mass is 10.1. The number of carbonyl (C=O) groups is 2. The van der Waals surface area contributed by atoms with Gasteiger partial charge in [0.05, 0.1) is 5.56 Å². The quantitative estimate of drug-likeness (QED) is 0.821. The molecule has 23 heavy (non-hydrogen) atoms. The van der Waals surface area contributed by atoms with Gasteiger partial charge in [-0.3, -0.25) is 9.89 Å². The average molecular weight is 316 g/mol. The van der Waals surface area contributed by atoms with Crippen molar-refractivity contribution >= 4 is 11.9 Å². The zero-order valence-electron chi connectivity index (χ0n) is 13.6. The fraction of sp³-hybridized carbons (Fsp3) is 0.375. The van der Waals surface area contributed by atoms with Crippen LogP contribution in [0.25, 0.3) is 11.4 Å². The molecule has 2 rings (SSSR count). The number of benzene rings is 1. The number of amides is 1. The molecule has 2 N–H and O–H groups in total. The van der Waals surface area contributed by atoms with Crippen molar-refractivity contribution < 1.29 is 14.3 Å². The van der Waals surface area contributed by atoms with E-state index in [2.05, 4.69) is 20.5 Å². The van der Waals surface area contributed by atoms with E-state index in [1.807, 2.05) is 13.8 Å². The van der Waals surface area contributed by atoms with E-state index in [0.29, 0.717) is 22.8 Å². The second-order valence-corrected chi connectivity index (χ2v) is 5.54. The molecule has 0 radical (unpaired) electrons. The Balaban J connectivity index is 2.09. The number of nitrogens with zero attached hydrogens (tertiary/aromatic N) is 2. The number of hydrogen-bond acceptors (Lipinski definition) is 5. The zero-order chi connectivity index (χ0) is 17.0. The molecule has 0 bridgehead atoms. The van der Waals surface area contributed by atoms with Crippen LogP contribution in [-0.4, -0.2) is 39.2 Å². The lowest BCUT2D eigenvalue weighted by Gasteiger charge is -2.15. The summed E-state index contributed by atoms with van der Waals surface area (Å²) < 4.78 is 5.20. The first-order valence-electron chi connectivity index (χ1n) is 7.37. The van der Waals surface area contributed by atoms with Crippen LogP contribution in [0.15, 0.2) is 24.3 Å². The van der Waals surface area contributed by atoms with Gasteiger partial charge >= 0.3 is 5.97 Å². The van der Waals surface area contributed by atoms with Gasteiger partial charge in [-0.1, -0.05) is 12.1 Å². The highest BCUT2D eigenvalue weighted by Crippen LogP contribution is 2.17. The Morgan fingerprint density at radius 1 is 1.26 bits per heavy atom. The summed E-state index contributed by atoms with van der Waals surface area (Å²) in [6, 6.07) is 6.77. The summed E-state index contributed by atoms with van der Waals surface area (Å²) in [4.78, 5) is 28.2. The summed E-state index contributed by atoms with van der Waals surface area (Å²) in [5, 5.41) is 9.51. The van der Waals surface area contributed by atoms with E-state index in [1.54, 1.807) is 31.2 Å². The second-order valence-electron chi connectivity index (χ2n) is 5.54. The zero-order valence-corrected chi connectivity index (χ0v) is 13.6. The summed E-state index contributed by atoms with van der Waals surface area (Å²) in [6.45, 7) is 7.02. The first kappa shape index (κ1) is 16.7. The summed E-state index contributed by atoms with van der Waals surface area (Å²) in [5.41, 5.74) is 1.04. The number of nitrogens with one attached hydrogen (secondary N) is 2. The normalized spacial score (nSPS) is 12.0. The highest BCUT2D eigenvalue weighted by Gasteiger charge is 2.19. The van der Waals surface area contributed by atoms with Gasteiger partial charge in [0.2, 0.25) is 0 Å². The molecule has 0 aliphatic rings. The Bertz CT molecular complexity index is 709. The van der Waals surface area contributed by atoms with E-state index < -0.39 is 12.1 Å². The molecular weight excluding hydrogens is 296 g/mol. The summed E-state index contributed by atoms with van der Waals surface area (Å²) >= 11 is 0. The third-order valence-corrected chi connectivity index (χ3v) is 3.04. The lowest BCUT2D eigenvalue weighted by Crippen LogP contribution is -2.39. The van der Waals surface area contributed by atoms with Gasteiger partial charge in [-0.15, -0.1) is 0 Å². The van der Waals surface area contributed by atoms with Gasteiger partial charge in [0.15, 0.2) is 11.9 Å². The van der Waals surface area contributed by atoms with Crippen molar-refractivity contribution in [1.82, 2.24) is 20.5 Å². The molecule has 1 aromatic carbocycles. The third-order valence-electron chi connectivity index (χ3n) is 3.04. The maximum atomic E-state index is 12.2. The monoisotopic (exact) mass is 316 g/mol. The topological polar surface area (TPSA) is 97.0 Å². The molecule has 0 spiro atoms. The fourth-order valence-corrected chi connectivity index (χ4v) is 1.94. The molecule has 1 amide bonds. The largest absolute Gasteiger partial charge is 0.449 e. The van der Waals surface area contributed by atoms with Gasteiger partial charge in [0.25, 0.3) is 5.91 Å². The standard InChI is InChI=1S/C16H20N4O3/c1-9(2)17-15(21)10(3)23-16(22)13-7-5-6-12(8-13)14-18-11(4)19-20-14/h5-10H,1-4H3,(H,17,21)(H,18,19,20)/t10-/m0/s1. The van der Waals surface area contributed by atoms with Crippen LogP contribution in [-0.2, 0) is 9.53 Å². The predicted octanol–water partition coefficient (Wildman–Crippen LogP) is 1.85. The van der Waals surface area contributed by atoms with Crippen LogP contribution in [0.4, 0.5) is 0 Å². The van der Waals surface area contributed by atoms with Gasteiger partial charge in [0, 0.05) is 11.6 Å². The maximum absolute atomic E-state index is 12.2. The number of carbonyl (C=O) groups excluding carboxylic acids is 2. The molecule has 1 atom stereocenters. The van der Waals surface area contributed by atoms with E-state index in [4.69, 9.17) is 4.74 Å². The van der Waals surface area contributed by atoms with E-state index in [-0.39, 0.29) is 11.9 Å². The molecule has 0 saturated heterocycles. The molecule has 0 saturated carbocycles. The Morgan fingerprint density at radius 3 is 2.61 bits per heavy atom. The summed E-state index contributed by atoms with van der Waals surface area (Å²) in [6.07, 6.45) is -0.862. The van der Waals surface area contributed by atoms with Crippen molar-refractivity contribution in [1.29, 1.82) is 0 Å². The predicted molar refractivity (Wildman–Crippen MR) is 84.7 cm³/mol. The van der Waals surface area contributed by atoms with E-state index in [1.165, 1.54) is 6.92 Å². The van der Waals surface area contributed by atoms with Crippen LogP contribution in [0.2, 0.25) is 0 Å². The molecule has 0 unspecified atom stereocenters. The van der Waals surface area contributed by atoms with Gasteiger partial charge in [-0.2, -0.15) is 5.10 Å². The molecule has 0 fully saturated rings. The average Bonchev–Trinajstić information content (AvgIpc) is 2.93. The Hall–Kier alpha value is -2.70. The summed E-state index contributed by atoms with van der Waals surface area (Å²) in [5.74, 6) is 0.300. The minimum Gasteiger partial charge on any atom is -0.449 e. The minimum absolute atomic E-state index is 0.0130. The number of aromatic amines is 1. The molecule has 1 aromatic heterocycles. The minimum atomic E-state index is -0.862. The fourth-order valence-electron chi connectivity index (χ4n) is 1.94. The van der Waals surface area contributed by atoms with Crippen molar-refractivity contribution in [3.05, 3.63) is 35.7 Å². The smallest absolute Gasteiger partial charge is 0.338 e. The van der Waals surface area contributed by atoms with E-state index in [9.17, 15) is 9.59 Å². The lowest BCUT2D eigenvalue weighted by molar-refractivity contribution is -0.129. The molecule has 7 heteroatoms. The van der Waals surface area contributed by atoms with Gasteiger partial charge in [-0.05, 0) is 39.8 Å². The number of esters is 1. The maximum Gasteiger partial charge on any atom is 0.338 e. The van der Waals surface area contributed by atoms with Crippen molar-refractivity contribution in [2.75, 3.05) is 0 Å². The van der Waals surface area contributed by atoms with Crippen LogP contribution in [0.1, 0.15) is 37.0 Å². The highest BCUT2D eigenvalue weighted by atomic mass is 16.5. The highest BCUT2D eigenvalue weighted by molar-refractivity contribution is 5.93. The van der Waals surface area contributed by atoms with Crippen molar-refractivity contribution in [3.63, 3.8) is 0 Å². The number of H-pyrrole nitrogens is 1. The molecule has 2 aromatic rings. The molecule has 0 aliphatic carbocycles. The van der Waals surface area contributed by atoms with Crippen LogP contribution >= 0.6 is 0 Å². The molecular formula is C16H20N4O3. The number of ether oxygens (including phenoxy) is 1. The van der Waals surface area contributed by atoms with Gasteiger partial charge < -0.3 is 10.1 Å². The molecule has 7 nitrogen and oxygen atoms in total. The van der Waals surface area contributed by atoms with E-state index in [0.717, 1.165) is 0 Å². The van der Waals surface area contributed by atoms with Crippen LogP contribution in [0.5, 0.6) is 0 Å². The first-order chi connectivity index (χ1) is 10.9. The van der Waals surface area contributed by atoms with Crippen LogP contribution < -0.4 is 5.32 Å². The van der Waals surface area contributed by atoms with Gasteiger partial charge in [-0.25, -0.2) is 9.78 Å². The molecule has 122 valence electrons. The first-order valence-corrected chi connectivity index (χ1v) is 7.37. The number of aryl methyl sites for hydroxylation is 1. The van der Waals surface area contributed by atoms with Gasteiger partial charge in [0.1, 0.15) is 5.82 Å². The van der Waals surface area contributed by atoms with Crippen molar-refractivity contribution in [2.24, 2.45) is 0 Å². The number of rotatable bonds is 5. The molecule has 1 heterocycles. The van der Waals surface area contributed by atoms with E-state index >= 15 is 0 Å².